The number of nitrogens with zero attached hydrogens (tertiary/aromatic N) is 2. The maximum atomic E-state index is 13.3. The topological polar surface area (TPSA) is 123 Å². The van der Waals surface area contributed by atoms with Gasteiger partial charge >= 0.3 is 0 Å². The summed E-state index contributed by atoms with van der Waals surface area (Å²) >= 11 is 0. The summed E-state index contributed by atoms with van der Waals surface area (Å²) in [6, 6.07) is 8.27. The van der Waals surface area contributed by atoms with Gasteiger partial charge in [0.2, 0.25) is 25.5 Å². The lowest BCUT2D eigenvalue weighted by atomic mass is 10.1. The molecule has 33 heavy (non-hydrogen) atoms. The zero-order chi connectivity index (χ0) is 23.2. The number of sulfonamides is 2. The van der Waals surface area contributed by atoms with Crippen molar-refractivity contribution in [3.63, 3.8) is 0 Å². The minimum atomic E-state index is -3.81. The molecule has 2 aliphatic rings. The summed E-state index contributed by atoms with van der Waals surface area (Å²) in [6.45, 7) is 2.15. The van der Waals surface area contributed by atoms with Crippen LogP contribution >= 0.6 is 0 Å². The SMILES string of the molecule is O=c1c2cc(S(=O)(=O)N3CCOCC3)ccc2oc2ccc(S(=O)(=O)N3CCOCC3)cc12. The van der Waals surface area contributed by atoms with Crippen molar-refractivity contribution in [2.45, 2.75) is 9.79 Å². The van der Waals surface area contributed by atoms with Crippen LogP contribution in [0.15, 0.2) is 55.4 Å². The third-order valence-electron chi connectivity index (χ3n) is 5.83. The maximum absolute atomic E-state index is 13.3. The van der Waals surface area contributed by atoms with E-state index in [4.69, 9.17) is 13.9 Å². The molecule has 0 bridgehead atoms. The molecular formula is C21H22N2O8S2. The van der Waals surface area contributed by atoms with Gasteiger partial charge in [0.1, 0.15) is 11.2 Å². The van der Waals surface area contributed by atoms with Gasteiger partial charge in [-0.1, -0.05) is 0 Å². The Bertz CT molecular complexity index is 1380. The lowest BCUT2D eigenvalue weighted by molar-refractivity contribution is 0.0730. The van der Waals surface area contributed by atoms with Crippen LogP contribution < -0.4 is 5.43 Å². The number of rotatable bonds is 4. The minimum Gasteiger partial charge on any atom is -0.456 e. The number of fused-ring (bicyclic) bond motifs is 2. The average Bonchev–Trinajstić information content (AvgIpc) is 2.85. The summed E-state index contributed by atoms with van der Waals surface area (Å²) in [4.78, 5) is 13.2. The molecule has 0 spiro atoms. The first-order chi connectivity index (χ1) is 15.8. The van der Waals surface area contributed by atoms with E-state index < -0.39 is 25.5 Å². The summed E-state index contributed by atoms with van der Waals surface area (Å²) in [7, 11) is -7.62. The predicted octanol–water partition coefficient (Wildman–Crippen LogP) is 0.988. The highest BCUT2D eigenvalue weighted by Crippen LogP contribution is 2.26. The van der Waals surface area contributed by atoms with E-state index in [1.54, 1.807) is 0 Å². The highest BCUT2D eigenvalue weighted by Gasteiger charge is 2.28. The van der Waals surface area contributed by atoms with Gasteiger partial charge < -0.3 is 13.9 Å². The maximum Gasteiger partial charge on any atom is 0.243 e. The molecule has 5 rings (SSSR count). The minimum absolute atomic E-state index is 0.0272. The van der Waals surface area contributed by atoms with E-state index in [9.17, 15) is 21.6 Å². The monoisotopic (exact) mass is 494 g/mol. The molecule has 0 amide bonds. The van der Waals surface area contributed by atoms with Crippen LogP contribution in [0, 0.1) is 0 Å². The summed E-state index contributed by atoms with van der Waals surface area (Å²) in [6.07, 6.45) is 0. The Morgan fingerprint density at radius 3 is 1.42 bits per heavy atom. The van der Waals surface area contributed by atoms with Gasteiger partial charge in [0.15, 0.2) is 0 Å². The second-order valence-corrected chi connectivity index (χ2v) is 11.7. The van der Waals surface area contributed by atoms with Crippen LogP contribution in [0.25, 0.3) is 21.9 Å². The summed E-state index contributed by atoms with van der Waals surface area (Å²) in [5.41, 5.74) is -0.0567. The van der Waals surface area contributed by atoms with Crippen LogP contribution in [0.1, 0.15) is 0 Å². The molecule has 2 saturated heterocycles. The van der Waals surface area contributed by atoms with Gasteiger partial charge in [-0.25, -0.2) is 16.8 Å². The van der Waals surface area contributed by atoms with E-state index in [1.165, 1.54) is 45.0 Å². The van der Waals surface area contributed by atoms with Crippen LogP contribution in [0.2, 0.25) is 0 Å². The molecule has 2 fully saturated rings. The van der Waals surface area contributed by atoms with Gasteiger partial charge in [-0.05, 0) is 36.4 Å². The Balaban J connectivity index is 1.61. The largest absolute Gasteiger partial charge is 0.456 e. The molecule has 0 N–H and O–H groups in total. The van der Waals surface area contributed by atoms with Crippen molar-refractivity contribution in [2.75, 3.05) is 52.6 Å². The molecular weight excluding hydrogens is 472 g/mol. The van der Waals surface area contributed by atoms with E-state index in [1.807, 2.05) is 0 Å². The molecule has 3 aromatic rings. The molecule has 0 aliphatic carbocycles. The lowest BCUT2D eigenvalue weighted by Gasteiger charge is -2.26. The molecule has 3 heterocycles. The highest BCUT2D eigenvalue weighted by molar-refractivity contribution is 7.89. The average molecular weight is 495 g/mol. The van der Waals surface area contributed by atoms with Gasteiger partial charge in [0, 0.05) is 26.2 Å². The van der Waals surface area contributed by atoms with Crippen LogP contribution in [-0.4, -0.2) is 78.1 Å². The first-order valence-corrected chi connectivity index (χ1v) is 13.3. The molecule has 12 heteroatoms. The van der Waals surface area contributed by atoms with Gasteiger partial charge in [-0.2, -0.15) is 8.61 Å². The molecule has 2 aliphatic heterocycles. The Hall–Kier alpha value is -2.35. The van der Waals surface area contributed by atoms with Crippen LogP contribution in [-0.2, 0) is 29.5 Å². The van der Waals surface area contributed by atoms with Crippen LogP contribution in [0.4, 0.5) is 0 Å². The first kappa shape index (κ1) is 22.4. The van der Waals surface area contributed by atoms with E-state index in [2.05, 4.69) is 0 Å². The summed E-state index contributed by atoms with van der Waals surface area (Å²) in [5.74, 6) is 0. The highest BCUT2D eigenvalue weighted by atomic mass is 32.2. The molecule has 10 nitrogen and oxygen atoms in total. The molecule has 0 radical (unpaired) electrons. The quantitative estimate of drug-likeness (QED) is 0.492. The van der Waals surface area contributed by atoms with Gasteiger partial charge in [0.25, 0.3) is 0 Å². The number of ether oxygens (including phenoxy) is 2. The normalized spacial score (nSPS) is 19.3. The van der Waals surface area contributed by atoms with Crippen LogP contribution in [0.5, 0.6) is 0 Å². The van der Waals surface area contributed by atoms with Crippen molar-refractivity contribution >= 4 is 42.0 Å². The molecule has 1 aromatic heterocycles. The summed E-state index contributed by atoms with van der Waals surface area (Å²) in [5, 5.41) is 0.135. The van der Waals surface area contributed by atoms with Crippen molar-refractivity contribution in [2.24, 2.45) is 0 Å². The number of benzene rings is 2. The Kier molecular flexibility index (Phi) is 5.75. The first-order valence-electron chi connectivity index (χ1n) is 10.4. The second-order valence-electron chi connectivity index (χ2n) is 7.78. The number of morpholine rings is 2. The third-order valence-corrected chi connectivity index (χ3v) is 9.62. The molecule has 0 saturated carbocycles. The molecule has 2 aromatic carbocycles. The van der Waals surface area contributed by atoms with Crippen molar-refractivity contribution in [1.29, 1.82) is 0 Å². The predicted molar refractivity (Wildman–Crippen MR) is 119 cm³/mol. The Morgan fingerprint density at radius 2 is 1.03 bits per heavy atom. The standard InChI is InChI=1S/C21H22N2O8S2/c24-21-17-13-15(32(25,26)22-5-9-29-10-6-22)1-3-19(17)31-20-4-2-16(14-18(20)21)33(27,28)23-7-11-30-12-8-23/h1-4,13-14H,5-12H2. The van der Waals surface area contributed by atoms with Crippen molar-refractivity contribution in [3.05, 3.63) is 46.6 Å². The fourth-order valence-electron chi connectivity index (χ4n) is 4.01. The Labute approximate surface area is 190 Å². The molecule has 0 unspecified atom stereocenters. The second kappa shape index (κ2) is 8.46. The number of hydrogen-bond acceptors (Lipinski definition) is 8. The van der Waals surface area contributed by atoms with Crippen LogP contribution in [0.3, 0.4) is 0 Å². The number of hydrogen-bond donors (Lipinski definition) is 0. The van der Waals surface area contributed by atoms with Crippen molar-refractivity contribution in [3.8, 4) is 0 Å². The van der Waals surface area contributed by atoms with Gasteiger partial charge in [-0.3, -0.25) is 4.79 Å². The zero-order valence-corrected chi connectivity index (χ0v) is 19.2. The smallest absolute Gasteiger partial charge is 0.243 e. The van der Waals surface area contributed by atoms with Crippen molar-refractivity contribution < 1.29 is 30.7 Å². The zero-order valence-electron chi connectivity index (χ0n) is 17.6. The van der Waals surface area contributed by atoms with E-state index in [-0.39, 0.29) is 57.9 Å². The van der Waals surface area contributed by atoms with Gasteiger partial charge in [-0.15, -0.1) is 0 Å². The van der Waals surface area contributed by atoms with Crippen molar-refractivity contribution in [1.82, 2.24) is 8.61 Å². The van der Waals surface area contributed by atoms with E-state index >= 15 is 0 Å². The third kappa shape index (κ3) is 3.96. The van der Waals surface area contributed by atoms with E-state index in [0.29, 0.717) is 26.4 Å². The Morgan fingerprint density at radius 1 is 0.636 bits per heavy atom. The molecule has 0 atom stereocenters. The fraction of sp³-hybridized carbons (Fsp3) is 0.381. The summed E-state index contributed by atoms with van der Waals surface area (Å²) < 4.78 is 70.9. The fourth-order valence-corrected chi connectivity index (χ4v) is 6.88. The lowest BCUT2D eigenvalue weighted by Crippen LogP contribution is -2.40. The van der Waals surface area contributed by atoms with E-state index in [0.717, 1.165) is 0 Å². The molecule has 176 valence electrons. The van der Waals surface area contributed by atoms with Gasteiger partial charge in [0.05, 0.1) is 47.0 Å².